The maximum atomic E-state index is 12.1. The number of anilines is 1. The van der Waals surface area contributed by atoms with Crippen LogP contribution in [0.1, 0.15) is 12.0 Å². The van der Waals surface area contributed by atoms with Crippen LogP contribution in [0.15, 0.2) is 22.7 Å². The lowest BCUT2D eigenvalue weighted by Crippen LogP contribution is -2.38. The van der Waals surface area contributed by atoms with Gasteiger partial charge in [-0.3, -0.25) is 9.59 Å². The molecule has 2 rings (SSSR count). The molecule has 0 bridgehead atoms. The largest absolute Gasteiger partial charge is 0.405 e. The number of aryl methyl sites for hydroxylation is 1. The van der Waals surface area contributed by atoms with Crippen LogP contribution < -0.4 is 10.2 Å². The van der Waals surface area contributed by atoms with Gasteiger partial charge in [-0.15, -0.1) is 0 Å². The van der Waals surface area contributed by atoms with Crippen molar-refractivity contribution in [3.63, 3.8) is 0 Å². The number of nitrogens with one attached hydrogen (secondary N) is 1. The van der Waals surface area contributed by atoms with Crippen LogP contribution in [-0.4, -0.2) is 31.1 Å². The van der Waals surface area contributed by atoms with Crippen LogP contribution in [0.4, 0.5) is 18.9 Å². The SMILES string of the molecule is Cc1cc(N2C[C@@H](C(=O)NCC(F)(F)F)CC2=O)ccc1Br. The number of carbonyl (C=O) groups excluding carboxylic acids is 2. The molecular weight excluding hydrogens is 365 g/mol. The van der Waals surface area contributed by atoms with Crippen molar-refractivity contribution in [2.24, 2.45) is 5.92 Å². The third-order valence-corrected chi connectivity index (χ3v) is 4.30. The molecule has 8 heteroatoms. The highest BCUT2D eigenvalue weighted by Crippen LogP contribution is 2.28. The summed E-state index contributed by atoms with van der Waals surface area (Å²) in [5.74, 6) is -1.78. The minimum Gasteiger partial charge on any atom is -0.347 e. The van der Waals surface area contributed by atoms with Crippen LogP contribution in [0.3, 0.4) is 0 Å². The highest BCUT2D eigenvalue weighted by Gasteiger charge is 2.37. The summed E-state index contributed by atoms with van der Waals surface area (Å²) in [5.41, 5.74) is 1.56. The molecule has 1 aromatic rings. The zero-order valence-electron chi connectivity index (χ0n) is 11.7. The van der Waals surface area contributed by atoms with Crippen LogP contribution in [-0.2, 0) is 9.59 Å². The second kappa shape index (κ2) is 6.28. The molecule has 0 unspecified atom stereocenters. The first-order chi connectivity index (χ1) is 10.2. The predicted octanol–water partition coefficient (Wildman–Crippen LogP) is 2.79. The highest BCUT2D eigenvalue weighted by molar-refractivity contribution is 9.10. The number of hydrogen-bond donors (Lipinski definition) is 1. The molecule has 1 aromatic carbocycles. The van der Waals surface area contributed by atoms with Crippen molar-refractivity contribution in [2.45, 2.75) is 19.5 Å². The molecule has 120 valence electrons. The predicted molar refractivity (Wildman–Crippen MR) is 78.4 cm³/mol. The molecule has 1 atom stereocenters. The van der Waals surface area contributed by atoms with Crippen LogP contribution >= 0.6 is 15.9 Å². The van der Waals surface area contributed by atoms with Gasteiger partial charge in [0.1, 0.15) is 6.54 Å². The third kappa shape index (κ3) is 4.00. The zero-order valence-corrected chi connectivity index (χ0v) is 13.3. The van der Waals surface area contributed by atoms with Crippen molar-refractivity contribution < 1.29 is 22.8 Å². The molecule has 1 N–H and O–H groups in total. The van der Waals surface area contributed by atoms with Gasteiger partial charge in [0, 0.05) is 23.1 Å². The molecule has 1 heterocycles. The first-order valence-electron chi connectivity index (χ1n) is 6.58. The van der Waals surface area contributed by atoms with Crippen molar-refractivity contribution in [3.05, 3.63) is 28.2 Å². The van der Waals surface area contributed by atoms with E-state index in [0.717, 1.165) is 10.0 Å². The van der Waals surface area contributed by atoms with Crippen molar-refractivity contribution in [3.8, 4) is 0 Å². The second-order valence-electron chi connectivity index (χ2n) is 5.17. The number of rotatable bonds is 3. The molecule has 0 radical (unpaired) electrons. The van der Waals surface area contributed by atoms with E-state index in [1.165, 1.54) is 4.90 Å². The van der Waals surface area contributed by atoms with Crippen molar-refractivity contribution >= 4 is 33.4 Å². The summed E-state index contributed by atoms with van der Waals surface area (Å²) in [6, 6.07) is 5.30. The van der Waals surface area contributed by atoms with Gasteiger partial charge in [0.25, 0.3) is 0 Å². The lowest BCUT2D eigenvalue weighted by Gasteiger charge is -2.18. The van der Waals surface area contributed by atoms with Crippen LogP contribution in [0.5, 0.6) is 0 Å². The van der Waals surface area contributed by atoms with E-state index in [1.807, 2.05) is 12.2 Å². The van der Waals surface area contributed by atoms with E-state index in [9.17, 15) is 22.8 Å². The van der Waals surface area contributed by atoms with Crippen LogP contribution in [0, 0.1) is 12.8 Å². The summed E-state index contributed by atoms with van der Waals surface area (Å²) in [6.45, 7) is 0.569. The Morgan fingerprint density at radius 3 is 2.73 bits per heavy atom. The highest BCUT2D eigenvalue weighted by atomic mass is 79.9. The topological polar surface area (TPSA) is 49.4 Å². The van der Waals surface area contributed by atoms with Gasteiger partial charge in [-0.05, 0) is 30.7 Å². The fraction of sp³-hybridized carbons (Fsp3) is 0.429. The van der Waals surface area contributed by atoms with Crippen molar-refractivity contribution in [1.29, 1.82) is 0 Å². The van der Waals surface area contributed by atoms with Gasteiger partial charge in [-0.1, -0.05) is 15.9 Å². The average Bonchev–Trinajstić information content (AvgIpc) is 2.80. The zero-order chi connectivity index (χ0) is 16.5. The lowest BCUT2D eigenvalue weighted by atomic mass is 10.1. The Hall–Kier alpha value is -1.57. The molecule has 1 aliphatic heterocycles. The molecule has 1 aliphatic rings. The summed E-state index contributed by atoms with van der Waals surface area (Å²) in [5, 5.41) is 1.83. The van der Waals surface area contributed by atoms with Gasteiger partial charge in [0.05, 0.1) is 5.92 Å². The van der Waals surface area contributed by atoms with Gasteiger partial charge < -0.3 is 10.2 Å². The Balaban J connectivity index is 2.04. The third-order valence-electron chi connectivity index (χ3n) is 3.41. The molecule has 4 nitrogen and oxygen atoms in total. The second-order valence-corrected chi connectivity index (χ2v) is 6.03. The summed E-state index contributed by atoms with van der Waals surface area (Å²) >= 11 is 3.35. The first kappa shape index (κ1) is 16.8. The molecule has 1 fully saturated rings. The smallest absolute Gasteiger partial charge is 0.347 e. The van der Waals surface area contributed by atoms with Gasteiger partial charge in [-0.25, -0.2) is 0 Å². The number of alkyl halides is 3. The Morgan fingerprint density at radius 1 is 1.45 bits per heavy atom. The Labute approximate surface area is 133 Å². The first-order valence-corrected chi connectivity index (χ1v) is 7.37. The van der Waals surface area contributed by atoms with Crippen molar-refractivity contribution in [1.82, 2.24) is 5.32 Å². The summed E-state index contributed by atoms with van der Waals surface area (Å²) in [4.78, 5) is 25.2. The number of halogens is 4. The van der Waals surface area contributed by atoms with E-state index in [-0.39, 0.29) is 18.9 Å². The number of amides is 2. The lowest BCUT2D eigenvalue weighted by molar-refractivity contribution is -0.140. The molecule has 0 aromatic heterocycles. The molecule has 0 spiro atoms. The van der Waals surface area contributed by atoms with Gasteiger partial charge in [-0.2, -0.15) is 13.2 Å². The fourth-order valence-corrected chi connectivity index (χ4v) is 2.51. The van der Waals surface area contributed by atoms with Gasteiger partial charge in [0.15, 0.2) is 0 Å². The van der Waals surface area contributed by atoms with E-state index >= 15 is 0 Å². The molecule has 1 saturated heterocycles. The van der Waals surface area contributed by atoms with Crippen LogP contribution in [0.25, 0.3) is 0 Å². The normalized spacial score (nSPS) is 18.7. The standard InChI is InChI=1S/C14H14BrF3N2O2/c1-8-4-10(2-3-11(8)15)20-6-9(5-12(20)21)13(22)19-7-14(16,17)18/h2-4,9H,5-7H2,1H3,(H,19,22)/t9-/m0/s1. The summed E-state index contributed by atoms with van der Waals surface area (Å²) in [7, 11) is 0. The molecule has 0 aliphatic carbocycles. The number of carbonyl (C=O) groups is 2. The number of nitrogens with zero attached hydrogens (tertiary/aromatic N) is 1. The van der Waals surface area contributed by atoms with Gasteiger partial charge in [0.2, 0.25) is 11.8 Å². The molecule has 2 amide bonds. The molecule has 22 heavy (non-hydrogen) atoms. The minimum atomic E-state index is -4.46. The quantitative estimate of drug-likeness (QED) is 0.878. The number of benzene rings is 1. The van der Waals surface area contributed by atoms with E-state index in [2.05, 4.69) is 15.9 Å². The van der Waals surface area contributed by atoms with Crippen LogP contribution in [0.2, 0.25) is 0 Å². The van der Waals surface area contributed by atoms with E-state index < -0.39 is 24.5 Å². The maximum Gasteiger partial charge on any atom is 0.405 e. The van der Waals surface area contributed by atoms with E-state index in [0.29, 0.717) is 5.69 Å². The van der Waals surface area contributed by atoms with E-state index in [4.69, 9.17) is 0 Å². The molecule has 0 saturated carbocycles. The summed E-state index contributed by atoms with van der Waals surface area (Å²) in [6.07, 6.45) is -4.54. The molecular formula is C14H14BrF3N2O2. The Kier molecular flexibility index (Phi) is 4.79. The monoisotopic (exact) mass is 378 g/mol. The Bertz CT molecular complexity index is 604. The average molecular weight is 379 g/mol. The summed E-state index contributed by atoms with van der Waals surface area (Å²) < 4.78 is 37.2. The Morgan fingerprint density at radius 2 is 2.14 bits per heavy atom. The van der Waals surface area contributed by atoms with E-state index in [1.54, 1.807) is 18.2 Å². The van der Waals surface area contributed by atoms with Crippen molar-refractivity contribution in [2.75, 3.05) is 18.0 Å². The fourth-order valence-electron chi connectivity index (χ4n) is 2.26. The van der Waals surface area contributed by atoms with Gasteiger partial charge >= 0.3 is 6.18 Å². The maximum absolute atomic E-state index is 12.1. The number of hydrogen-bond acceptors (Lipinski definition) is 2. The minimum absolute atomic E-state index is 0.0845.